The second kappa shape index (κ2) is 15.5. The van der Waals surface area contributed by atoms with Crippen LogP contribution in [0.1, 0.15) is 75.2 Å². The van der Waals surface area contributed by atoms with Crippen molar-refractivity contribution in [3.8, 4) is 0 Å². The second-order valence-corrected chi connectivity index (χ2v) is 12.7. The van der Waals surface area contributed by atoms with E-state index in [-0.39, 0.29) is 11.9 Å². The fraction of sp³-hybridized carbons (Fsp3) is 0.567. The summed E-state index contributed by atoms with van der Waals surface area (Å²) in [5, 5.41) is 21.0. The molecule has 218 valence electrons. The molecule has 0 aromatic heterocycles. The van der Waals surface area contributed by atoms with Gasteiger partial charge in [-0.1, -0.05) is 56.5 Å². The van der Waals surface area contributed by atoms with E-state index in [0.29, 0.717) is 43.1 Å². The monoisotopic (exact) mass is 560 g/mol. The summed E-state index contributed by atoms with van der Waals surface area (Å²) >= 11 is 0. The Bertz CT molecular complexity index is 1020. The zero-order valence-electron chi connectivity index (χ0n) is 23.7. The van der Waals surface area contributed by atoms with E-state index in [4.69, 9.17) is 0 Å². The van der Waals surface area contributed by atoms with Crippen molar-refractivity contribution in [2.75, 3.05) is 35.0 Å². The SMILES string of the molecule is CCCCCC(C)NCC(O)C(Cc1ccccc1)NC(=O)c1cc(NCC)cc(N2CCCCS2(O)O)c1. The number of aliphatic hydroxyl groups is 1. The van der Waals surface area contributed by atoms with Crippen molar-refractivity contribution in [2.24, 2.45) is 0 Å². The summed E-state index contributed by atoms with van der Waals surface area (Å²) in [5.41, 5.74) is 2.79. The predicted molar refractivity (Wildman–Crippen MR) is 164 cm³/mol. The summed E-state index contributed by atoms with van der Waals surface area (Å²) in [4.78, 5) is 13.6. The molecule has 2 aromatic carbocycles. The Hall–Kier alpha value is -2.30. The normalized spacial score (nSPS) is 18.2. The van der Waals surface area contributed by atoms with Gasteiger partial charge in [-0.25, -0.2) is 0 Å². The van der Waals surface area contributed by atoms with Gasteiger partial charge in [0.25, 0.3) is 5.91 Å². The molecule has 0 saturated carbocycles. The third kappa shape index (κ3) is 9.69. The molecule has 0 aliphatic carbocycles. The first-order valence-electron chi connectivity index (χ1n) is 14.4. The minimum absolute atomic E-state index is 0.280. The molecule has 1 amide bonds. The molecule has 39 heavy (non-hydrogen) atoms. The first kappa shape index (κ1) is 31.2. The van der Waals surface area contributed by atoms with Crippen molar-refractivity contribution in [2.45, 2.75) is 83.9 Å². The lowest BCUT2D eigenvalue weighted by Gasteiger charge is -2.47. The van der Waals surface area contributed by atoms with E-state index in [1.807, 2.05) is 43.3 Å². The number of aliphatic hydroxyl groups excluding tert-OH is 1. The lowest BCUT2D eigenvalue weighted by Crippen LogP contribution is -2.49. The third-order valence-electron chi connectivity index (χ3n) is 7.23. The molecule has 3 atom stereocenters. The maximum atomic E-state index is 13.6. The zero-order chi connectivity index (χ0) is 28.3. The summed E-state index contributed by atoms with van der Waals surface area (Å²) in [6.07, 6.45) is 5.90. The summed E-state index contributed by atoms with van der Waals surface area (Å²) in [6.45, 7) is 7.86. The highest BCUT2D eigenvalue weighted by Crippen LogP contribution is 2.50. The van der Waals surface area contributed by atoms with Crippen LogP contribution < -0.4 is 20.3 Å². The van der Waals surface area contributed by atoms with Crippen molar-refractivity contribution in [3.63, 3.8) is 0 Å². The molecule has 3 unspecified atom stereocenters. The van der Waals surface area contributed by atoms with Gasteiger partial charge in [0.15, 0.2) is 0 Å². The minimum atomic E-state index is -2.93. The molecule has 3 rings (SSSR count). The van der Waals surface area contributed by atoms with Crippen LogP contribution >= 0.6 is 10.8 Å². The number of nitrogens with one attached hydrogen (secondary N) is 3. The van der Waals surface area contributed by atoms with Crippen LogP contribution in [0.3, 0.4) is 0 Å². The zero-order valence-corrected chi connectivity index (χ0v) is 24.6. The van der Waals surface area contributed by atoms with Gasteiger partial charge < -0.3 is 21.1 Å². The average Bonchev–Trinajstić information content (AvgIpc) is 2.91. The highest BCUT2D eigenvalue weighted by molar-refractivity contribution is 8.25. The van der Waals surface area contributed by atoms with E-state index < -0.39 is 22.9 Å². The van der Waals surface area contributed by atoms with E-state index >= 15 is 0 Å². The number of nitrogens with zero attached hydrogens (tertiary/aromatic N) is 1. The lowest BCUT2D eigenvalue weighted by molar-refractivity contribution is 0.0825. The number of amides is 1. The summed E-state index contributed by atoms with van der Waals surface area (Å²) in [7, 11) is -2.93. The maximum absolute atomic E-state index is 13.6. The number of benzene rings is 2. The molecular weight excluding hydrogens is 512 g/mol. The fourth-order valence-corrected chi connectivity index (χ4v) is 6.64. The average molecular weight is 561 g/mol. The highest BCUT2D eigenvalue weighted by atomic mass is 32.3. The highest BCUT2D eigenvalue weighted by Gasteiger charge is 2.28. The minimum Gasteiger partial charge on any atom is -0.390 e. The van der Waals surface area contributed by atoms with Gasteiger partial charge in [-0.3, -0.25) is 18.2 Å². The van der Waals surface area contributed by atoms with Gasteiger partial charge in [-0.2, -0.15) is 0 Å². The first-order chi connectivity index (χ1) is 18.7. The number of hydrogen-bond acceptors (Lipinski definition) is 7. The number of carbonyl (C=O) groups excluding carboxylic acids is 1. The number of carbonyl (C=O) groups is 1. The number of rotatable bonds is 15. The van der Waals surface area contributed by atoms with Crippen LogP contribution in [0, 0.1) is 0 Å². The van der Waals surface area contributed by atoms with Gasteiger partial charge in [-0.05, 0) is 63.3 Å². The van der Waals surface area contributed by atoms with Crippen LogP contribution in [0.25, 0.3) is 0 Å². The molecule has 9 heteroatoms. The summed E-state index contributed by atoms with van der Waals surface area (Å²) < 4.78 is 23.0. The molecule has 6 N–H and O–H groups in total. The standard InChI is InChI=1S/C30H48N4O4S/c1-4-6-8-13-23(3)32-22-29(35)28(18-24-14-9-7-10-15-24)33-30(36)25-19-26(31-5-2)21-27(20-25)34-16-11-12-17-39(34,37)38/h7,9-10,14-15,19-21,23,28-29,31-32,35,37-38H,4-6,8,11-13,16-18,22H2,1-3H3,(H,33,36). The van der Waals surface area contributed by atoms with Crippen LogP contribution in [0.5, 0.6) is 0 Å². The van der Waals surface area contributed by atoms with Crippen molar-refractivity contribution in [1.29, 1.82) is 0 Å². The molecule has 1 saturated heterocycles. The van der Waals surface area contributed by atoms with Gasteiger partial charge in [0.1, 0.15) is 0 Å². The van der Waals surface area contributed by atoms with Gasteiger partial charge in [0, 0.05) is 36.9 Å². The summed E-state index contributed by atoms with van der Waals surface area (Å²) in [5.74, 6) is 0.0234. The Labute approximate surface area is 236 Å². The second-order valence-electron chi connectivity index (χ2n) is 10.6. The Morgan fingerprint density at radius 2 is 1.85 bits per heavy atom. The molecule has 0 radical (unpaired) electrons. The molecule has 0 spiro atoms. The molecule has 1 fully saturated rings. The Kier molecular flexibility index (Phi) is 12.4. The van der Waals surface area contributed by atoms with E-state index in [9.17, 15) is 19.0 Å². The smallest absolute Gasteiger partial charge is 0.251 e. The summed E-state index contributed by atoms with van der Waals surface area (Å²) in [6, 6.07) is 15.0. The predicted octanol–water partition coefficient (Wildman–Crippen LogP) is 5.64. The molecule has 1 heterocycles. The molecule has 8 nitrogen and oxygen atoms in total. The Balaban J connectivity index is 1.79. The quantitative estimate of drug-likeness (QED) is 0.156. The van der Waals surface area contributed by atoms with E-state index in [1.165, 1.54) is 12.8 Å². The lowest BCUT2D eigenvalue weighted by atomic mass is 10.00. The van der Waals surface area contributed by atoms with E-state index in [2.05, 4.69) is 29.8 Å². The van der Waals surface area contributed by atoms with Crippen molar-refractivity contribution < 1.29 is 19.0 Å². The largest absolute Gasteiger partial charge is 0.390 e. The molecular formula is C30H48N4O4S. The van der Waals surface area contributed by atoms with Crippen molar-refractivity contribution in [1.82, 2.24) is 10.6 Å². The van der Waals surface area contributed by atoms with E-state index in [0.717, 1.165) is 36.9 Å². The van der Waals surface area contributed by atoms with Gasteiger partial charge in [0.05, 0.1) is 23.6 Å². The van der Waals surface area contributed by atoms with Crippen LogP contribution in [0.4, 0.5) is 11.4 Å². The number of hydrogen-bond donors (Lipinski definition) is 6. The molecule has 0 bridgehead atoms. The first-order valence-corrected chi connectivity index (χ1v) is 16.1. The van der Waals surface area contributed by atoms with E-state index in [1.54, 1.807) is 16.4 Å². The van der Waals surface area contributed by atoms with Gasteiger partial charge in [-0.15, -0.1) is 10.8 Å². The molecule has 2 aromatic rings. The van der Waals surface area contributed by atoms with Crippen molar-refractivity contribution in [3.05, 3.63) is 59.7 Å². The maximum Gasteiger partial charge on any atom is 0.251 e. The van der Waals surface area contributed by atoms with Crippen LogP contribution in [0.15, 0.2) is 48.5 Å². The number of anilines is 2. The van der Waals surface area contributed by atoms with Gasteiger partial charge >= 0.3 is 0 Å². The topological polar surface area (TPSA) is 117 Å². The Morgan fingerprint density at radius 1 is 1.08 bits per heavy atom. The molecule has 1 aliphatic rings. The number of unbranched alkanes of at least 4 members (excludes halogenated alkanes) is 2. The molecule has 1 aliphatic heterocycles. The third-order valence-corrected chi connectivity index (χ3v) is 9.16. The van der Waals surface area contributed by atoms with Crippen molar-refractivity contribution >= 4 is 28.1 Å². The van der Waals surface area contributed by atoms with Crippen LogP contribution in [-0.2, 0) is 6.42 Å². The Morgan fingerprint density at radius 3 is 2.54 bits per heavy atom. The van der Waals surface area contributed by atoms with Gasteiger partial charge in [0.2, 0.25) is 0 Å². The van der Waals surface area contributed by atoms with Crippen LogP contribution in [-0.4, -0.2) is 63.7 Å². The fourth-order valence-electron chi connectivity index (χ4n) is 4.97. The van der Waals surface area contributed by atoms with Crippen LogP contribution in [0.2, 0.25) is 0 Å².